The molecule has 1 aliphatic carbocycles. The van der Waals surface area contributed by atoms with Crippen molar-refractivity contribution in [1.82, 2.24) is 0 Å². The summed E-state index contributed by atoms with van der Waals surface area (Å²) in [5, 5.41) is 2.68. The maximum absolute atomic E-state index is 5.15. The number of aliphatic imine (C=N–C) groups is 1. The highest BCUT2D eigenvalue weighted by Gasteiger charge is 2.16. The third kappa shape index (κ3) is 2.53. The normalized spacial score (nSPS) is 12.3. The Morgan fingerprint density at radius 2 is 1.19 bits per heavy atom. The molecule has 0 saturated carbocycles. The smallest absolute Gasteiger partial charge is 0.0781 e. The van der Waals surface area contributed by atoms with Crippen LogP contribution in [0.2, 0.25) is 0 Å². The number of benzene rings is 4. The molecule has 4 aromatic carbocycles. The first-order chi connectivity index (χ1) is 12.9. The van der Waals surface area contributed by atoms with E-state index in [1.54, 1.807) is 0 Å². The summed E-state index contributed by atoms with van der Waals surface area (Å²) < 4.78 is 0. The third-order valence-corrected chi connectivity index (χ3v) is 5.18. The molecule has 1 nitrogen and oxygen atoms in total. The van der Waals surface area contributed by atoms with Gasteiger partial charge in [-0.2, -0.15) is 0 Å². The highest BCUT2D eigenvalue weighted by atomic mass is 14.8. The largest absolute Gasteiger partial charge is 0.247 e. The van der Waals surface area contributed by atoms with Crippen LogP contribution >= 0.6 is 0 Å². The summed E-state index contributed by atoms with van der Waals surface area (Å²) in [7, 11) is 0. The lowest BCUT2D eigenvalue weighted by atomic mass is 10.0. The Bertz CT molecular complexity index is 1060. The molecule has 0 spiro atoms. The molecule has 0 bridgehead atoms. The molecule has 26 heavy (non-hydrogen) atoms. The van der Waals surface area contributed by atoms with E-state index in [1.165, 1.54) is 21.9 Å². The molecule has 0 amide bonds. The summed E-state index contributed by atoms with van der Waals surface area (Å²) in [5.74, 6) is 0. The minimum atomic E-state index is 1.02. The topological polar surface area (TPSA) is 12.4 Å². The van der Waals surface area contributed by atoms with E-state index >= 15 is 0 Å². The van der Waals surface area contributed by atoms with Crippen molar-refractivity contribution < 1.29 is 0 Å². The van der Waals surface area contributed by atoms with Crippen molar-refractivity contribution in [2.24, 2.45) is 4.99 Å². The van der Waals surface area contributed by atoms with Crippen LogP contribution in [-0.4, -0.2) is 5.71 Å². The van der Waals surface area contributed by atoms with Gasteiger partial charge in [-0.15, -0.1) is 0 Å². The number of hydrogen-bond acceptors (Lipinski definition) is 1. The second-order valence-electron chi connectivity index (χ2n) is 6.78. The van der Waals surface area contributed by atoms with Crippen LogP contribution in [0.1, 0.15) is 22.3 Å². The quantitative estimate of drug-likeness (QED) is 0.401. The average molecular weight is 333 g/mol. The second-order valence-corrected chi connectivity index (χ2v) is 6.78. The van der Waals surface area contributed by atoms with Crippen LogP contribution in [0.25, 0.3) is 10.8 Å². The van der Waals surface area contributed by atoms with Gasteiger partial charge in [0.2, 0.25) is 0 Å². The second kappa shape index (κ2) is 6.27. The predicted octanol–water partition coefficient (Wildman–Crippen LogP) is 6.11. The van der Waals surface area contributed by atoms with E-state index in [0.717, 1.165) is 35.4 Å². The van der Waals surface area contributed by atoms with E-state index < -0.39 is 0 Å². The summed E-state index contributed by atoms with van der Waals surface area (Å²) >= 11 is 0. The molecule has 0 aliphatic heterocycles. The number of aryl methyl sites for hydroxylation is 2. The van der Waals surface area contributed by atoms with Crippen molar-refractivity contribution in [1.29, 1.82) is 0 Å². The minimum absolute atomic E-state index is 1.02. The molecule has 1 heteroatoms. The van der Waals surface area contributed by atoms with Crippen LogP contribution < -0.4 is 0 Å². The maximum atomic E-state index is 5.15. The van der Waals surface area contributed by atoms with Gasteiger partial charge in [-0.3, -0.25) is 0 Å². The molecule has 0 aromatic heterocycles. The molecule has 0 heterocycles. The van der Waals surface area contributed by atoms with Crippen molar-refractivity contribution in [3.05, 3.63) is 113 Å². The van der Waals surface area contributed by atoms with Gasteiger partial charge in [0.15, 0.2) is 0 Å². The Kier molecular flexibility index (Phi) is 3.64. The predicted molar refractivity (Wildman–Crippen MR) is 110 cm³/mol. The van der Waals surface area contributed by atoms with Crippen molar-refractivity contribution in [2.75, 3.05) is 0 Å². The van der Waals surface area contributed by atoms with Gasteiger partial charge in [-0.1, -0.05) is 84.9 Å². The summed E-state index contributed by atoms with van der Waals surface area (Å²) in [6, 6.07) is 32.0. The van der Waals surface area contributed by atoms with E-state index in [2.05, 4.69) is 78.9 Å². The van der Waals surface area contributed by atoms with Gasteiger partial charge < -0.3 is 0 Å². The van der Waals surface area contributed by atoms with Gasteiger partial charge in [0.1, 0.15) is 0 Å². The monoisotopic (exact) mass is 333 g/mol. The van der Waals surface area contributed by atoms with Gasteiger partial charge in [0, 0.05) is 16.5 Å². The van der Waals surface area contributed by atoms with Crippen LogP contribution in [0.15, 0.2) is 96.0 Å². The van der Waals surface area contributed by atoms with Gasteiger partial charge in [0.25, 0.3) is 0 Å². The molecule has 0 saturated heterocycles. The standard InChI is InChI=1S/C25H19N/c1-3-8-20(9-4-1)25(21-10-5-2-6-11-21)26-23-17-16-19-15-14-18-12-7-13-22(23)24(18)19/h1-13,16-17H,14-15H2. The highest BCUT2D eigenvalue weighted by Crippen LogP contribution is 2.36. The Hall–Kier alpha value is -3.19. The Balaban J connectivity index is 1.76. The lowest BCUT2D eigenvalue weighted by Gasteiger charge is -2.10. The zero-order chi connectivity index (χ0) is 17.3. The van der Waals surface area contributed by atoms with Gasteiger partial charge in [0.05, 0.1) is 11.4 Å². The van der Waals surface area contributed by atoms with Crippen molar-refractivity contribution in [3.63, 3.8) is 0 Å². The zero-order valence-corrected chi connectivity index (χ0v) is 14.5. The van der Waals surface area contributed by atoms with Crippen LogP contribution in [0.4, 0.5) is 5.69 Å². The molecule has 124 valence electrons. The Morgan fingerprint density at radius 1 is 0.577 bits per heavy atom. The first kappa shape index (κ1) is 15.1. The fraction of sp³-hybridized carbons (Fsp3) is 0.0800. The molecule has 1 aliphatic rings. The molecule has 0 fully saturated rings. The lowest BCUT2D eigenvalue weighted by molar-refractivity contribution is 1.02. The summed E-state index contributed by atoms with van der Waals surface area (Å²) in [6.45, 7) is 0. The summed E-state index contributed by atoms with van der Waals surface area (Å²) in [4.78, 5) is 5.15. The van der Waals surface area contributed by atoms with Crippen molar-refractivity contribution in [3.8, 4) is 0 Å². The number of hydrogen-bond donors (Lipinski definition) is 0. The molecule has 0 atom stereocenters. The van der Waals surface area contributed by atoms with Crippen LogP contribution in [-0.2, 0) is 12.8 Å². The first-order valence-electron chi connectivity index (χ1n) is 9.13. The van der Waals surface area contributed by atoms with Crippen LogP contribution in [0, 0.1) is 0 Å². The SMILES string of the molecule is c1ccc(C(=Nc2ccc3c4c(cccc24)CC3)c2ccccc2)cc1. The van der Waals surface area contributed by atoms with Gasteiger partial charge >= 0.3 is 0 Å². The fourth-order valence-corrected chi connectivity index (χ4v) is 3.94. The van der Waals surface area contributed by atoms with Gasteiger partial charge in [-0.25, -0.2) is 4.99 Å². The number of nitrogens with zero attached hydrogens (tertiary/aromatic N) is 1. The third-order valence-electron chi connectivity index (χ3n) is 5.18. The highest BCUT2D eigenvalue weighted by molar-refractivity contribution is 6.15. The van der Waals surface area contributed by atoms with E-state index in [0.29, 0.717) is 0 Å². The van der Waals surface area contributed by atoms with Crippen molar-refractivity contribution >= 4 is 22.2 Å². The molecule has 4 aromatic rings. The van der Waals surface area contributed by atoms with E-state index in [4.69, 9.17) is 4.99 Å². The molecule has 0 N–H and O–H groups in total. The van der Waals surface area contributed by atoms with E-state index in [-0.39, 0.29) is 0 Å². The first-order valence-corrected chi connectivity index (χ1v) is 9.13. The lowest BCUT2D eigenvalue weighted by Crippen LogP contribution is -2.02. The molecular weight excluding hydrogens is 314 g/mol. The molecule has 0 unspecified atom stereocenters. The average Bonchev–Trinajstić information content (AvgIpc) is 3.14. The number of rotatable bonds is 3. The Morgan fingerprint density at radius 3 is 1.85 bits per heavy atom. The summed E-state index contributed by atoms with van der Waals surface area (Å²) in [5.41, 5.74) is 7.26. The summed E-state index contributed by atoms with van der Waals surface area (Å²) in [6.07, 6.45) is 2.29. The van der Waals surface area contributed by atoms with Gasteiger partial charge in [-0.05, 0) is 35.4 Å². The van der Waals surface area contributed by atoms with E-state index in [1.807, 2.05) is 12.1 Å². The van der Waals surface area contributed by atoms with E-state index in [9.17, 15) is 0 Å². The molecule has 5 rings (SSSR count). The fourth-order valence-electron chi connectivity index (χ4n) is 3.94. The van der Waals surface area contributed by atoms with Crippen LogP contribution in [0.5, 0.6) is 0 Å². The Labute approximate surface area is 153 Å². The van der Waals surface area contributed by atoms with Crippen LogP contribution in [0.3, 0.4) is 0 Å². The molecular formula is C25H19N. The van der Waals surface area contributed by atoms with Crippen molar-refractivity contribution in [2.45, 2.75) is 12.8 Å². The zero-order valence-electron chi connectivity index (χ0n) is 14.5. The maximum Gasteiger partial charge on any atom is 0.0781 e. The minimum Gasteiger partial charge on any atom is -0.247 e. The molecule has 0 radical (unpaired) electrons.